The first-order chi connectivity index (χ1) is 11.1. The maximum absolute atomic E-state index is 13.0. The monoisotopic (exact) mass is 348 g/mol. The Morgan fingerprint density at radius 1 is 0.880 bits per heavy atom. The zero-order valence-corrected chi connectivity index (χ0v) is 17.7. The van der Waals surface area contributed by atoms with Crippen molar-refractivity contribution in [3.05, 3.63) is 29.8 Å². The Bertz CT molecular complexity index is 585. The molecule has 0 amide bonds. The number of carbonyl (C=O) groups is 1. The average Bonchev–Trinajstić information content (AvgIpc) is 2.44. The van der Waals surface area contributed by atoms with Gasteiger partial charge in [-0.25, -0.2) is 0 Å². The number of benzene rings is 1. The molecule has 0 bridgehead atoms. The number of hydrogen-bond donors (Lipinski definition) is 0. The Labute approximate surface area is 154 Å². The molecule has 0 saturated carbocycles. The summed E-state index contributed by atoms with van der Waals surface area (Å²) in [7, 11) is 1.69. The second-order valence-corrected chi connectivity index (χ2v) is 9.95. The molecule has 0 N–H and O–H groups in total. The molecule has 1 aromatic rings. The lowest BCUT2D eigenvalue weighted by molar-refractivity contribution is -0.154. The van der Waals surface area contributed by atoms with Crippen LogP contribution in [0.1, 0.15) is 74.3 Å². The Morgan fingerprint density at radius 2 is 1.36 bits per heavy atom. The van der Waals surface area contributed by atoms with E-state index in [-0.39, 0.29) is 22.4 Å². The number of esters is 1. The van der Waals surface area contributed by atoms with E-state index < -0.39 is 5.41 Å². The molecular formula is C22H36O3. The first kappa shape index (κ1) is 21.7. The molecule has 3 nitrogen and oxygen atoms in total. The predicted molar refractivity (Wildman–Crippen MR) is 104 cm³/mol. The van der Waals surface area contributed by atoms with Crippen LogP contribution in [-0.2, 0) is 15.1 Å². The summed E-state index contributed by atoms with van der Waals surface area (Å²) < 4.78 is 11.3. The van der Waals surface area contributed by atoms with Gasteiger partial charge >= 0.3 is 5.97 Å². The van der Waals surface area contributed by atoms with Gasteiger partial charge in [0.2, 0.25) is 0 Å². The SMILES string of the molecule is COC(C)(C)c1ccc(OC(=O)C(C)(CC(C)(C)C)C(C)(C)C)cc1. The molecule has 0 radical (unpaired) electrons. The molecule has 0 aliphatic heterocycles. The summed E-state index contributed by atoms with van der Waals surface area (Å²) in [5.41, 5.74) is -0.0595. The van der Waals surface area contributed by atoms with Gasteiger partial charge in [0.05, 0.1) is 11.0 Å². The molecule has 0 saturated heterocycles. The van der Waals surface area contributed by atoms with E-state index >= 15 is 0 Å². The smallest absolute Gasteiger partial charge is 0.317 e. The van der Waals surface area contributed by atoms with E-state index in [4.69, 9.17) is 9.47 Å². The molecule has 142 valence electrons. The maximum Gasteiger partial charge on any atom is 0.317 e. The molecule has 3 heteroatoms. The van der Waals surface area contributed by atoms with Crippen LogP contribution in [0.3, 0.4) is 0 Å². The topological polar surface area (TPSA) is 35.5 Å². The maximum atomic E-state index is 13.0. The second kappa shape index (κ2) is 7.11. The van der Waals surface area contributed by atoms with Gasteiger partial charge in [-0.1, -0.05) is 53.7 Å². The van der Waals surface area contributed by atoms with E-state index in [2.05, 4.69) is 41.5 Å². The van der Waals surface area contributed by atoms with E-state index in [0.717, 1.165) is 12.0 Å². The summed E-state index contributed by atoms with van der Waals surface area (Å²) in [5.74, 6) is 0.402. The number of carbonyl (C=O) groups excluding carboxylic acids is 1. The lowest BCUT2D eigenvalue weighted by Gasteiger charge is -2.43. The van der Waals surface area contributed by atoms with Gasteiger partial charge in [-0.15, -0.1) is 0 Å². The van der Waals surface area contributed by atoms with Gasteiger partial charge in [0, 0.05) is 7.11 Å². The van der Waals surface area contributed by atoms with Gasteiger partial charge < -0.3 is 9.47 Å². The zero-order valence-electron chi connectivity index (χ0n) is 17.7. The van der Waals surface area contributed by atoms with Crippen molar-refractivity contribution in [2.45, 2.75) is 74.3 Å². The van der Waals surface area contributed by atoms with Crippen LogP contribution in [0, 0.1) is 16.2 Å². The molecule has 1 aromatic carbocycles. The van der Waals surface area contributed by atoms with E-state index in [1.165, 1.54) is 0 Å². The highest BCUT2D eigenvalue weighted by Crippen LogP contribution is 2.47. The van der Waals surface area contributed by atoms with Crippen molar-refractivity contribution >= 4 is 5.97 Å². The van der Waals surface area contributed by atoms with Crippen molar-refractivity contribution < 1.29 is 14.3 Å². The number of hydrogen-bond acceptors (Lipinski definition) is 3. The highest BCUT2D eigenvalue weighted by atomic mass is 16.5. The van der Waals surface area contributed by atoms with Gasteiger partial charge in [-0.3, -0.25) is 4.79 Å². The molecule has 0 aliphatic rings. The largest absolute Gasteiger partial charge is 0.426 e. The quantitative estimate of drug-likeness (QED) is 0.486. The van der Waals surface area contributed by atoms with Crippen molar-refractivity contribution in [2.75, 3.05) is 7.11 Å². The minimum atomic E-state index is -0.574. The average molecular weight is 349 g/mol. The molecule has 1 rings (SSSR count). The first-order valence-corrected chi connectivity index (χ1v) is 9.00. The minimum Gasteiger partial charge on any atom is -0.426 e. The highest BCUT2D eigenvalue weighted by Gasteiger charge is 2.47. The van der Waals surface area contributed by atoms with Crippen LogP contribution in [0.15, 0.2) is 24.3 Å². The normalized spacial score (nSPS) is 15.6. The Kier molecular flexibility index (Phi) is 6.17. The molecular weight excluding hydrogens is 312 g/mol. The molecule has 0 heterocycles. The molecule has 0 spiro atoms. The van der Waals surface area contributed by atoms with Crippen molar-refractivity contribution in [3.63, 3.8) is 0 Å². The van der Waals surface area contributed by atoms with Crippen molar-refractivity contribution in [1.82, 2.24) is 0 Å². The lowest BCUT2D eigenvalue weighted by Crippen LogP contribution is -2.45. The van der Waals surface area contributed by atoms with Crippen molar-refractivity contribution in [3.8, 4) is 5.75 Å². The Morgan fingerprint density at radius 3 is 1.72 bits per heavy atom. The van der Waals surface area contributed by atoms with E-state index in [1.807, 2.05) is 45.0 Å². The fourth-order valence-electron chi connectivity index (χ4n) is 2.97. The molecule has 25 heavy (non-hydrogen) atoms. The third-order valence-electron chi connectivity index (χ3n) is 5.26. The summed E-state index contributed by atoms with van der Waals surface area (Å²) in [6, 6.07) is 7.58. The summed E-state index contributed by atoms with van der Waals surface area (Å²) in [6.45, 7) is 18.8. The Balaban J connectivity index is 3.05. The summed E-state index contributed by atoms with van der Waals surface area (Å²) in [4.78, 5) is 13.0. The van der Waals surface area contributed by atoms with Gasteiger partial charge in [-0.2, -0.15) is 0 Å². The number of methoxy groups -OCH3 is 1. The first-order valence-electron chi connectivity index (χ1n) is 9.00. The molecule has 0 aromatic heterocycles. The summed E-state index contributed by atoms with van der Waals surface area (Å²) >= 11 is 0. The lowest BCUT2D eigenvalue weighted by atomic mass is 9.61. The van der Waals surface area contributed by atoms with E-state index in [1.54, 1.807) is 7.11 Å². The van der Waals surface area contributed by atoms with Crippen molar-refractivity contribution in [2.24, 2.45) is 16.2 Å². The molecule has 0 fully saturated rings. The van der Waals surface area contributed by atoms with Gasteiger partial charge in [0.15, 0.2) is 0 Å². The van der Waals surface area contributed by atoms with Crippen LogP contribution in [0.2, 0.25) is 0 Å². The van der Waals surface area contributed by atoms with Crippen LogP contribution in [0.4, 0.5) is 0 Å². The number of rotatable bonds is 5. The van der Waals surface area contributed by atoms with Crippen LogP contribution in [0.25, 0.3) is 0 Å². The third-order valence-corrected chi connectivity index (χ3v) is 5.26. The number of ether oxygens (including phenoxy) is 2. The third kappa shape index (κ3) is 5.31. The van der Waals surface area contributed by atoms with Crippen LogP contribution in [0.5, 0.6) is 5.75 Å². The van der Waals surface area contributed by atoms with Crippen LogP contribution < -0.4 is 4.74 Å². The fourth-order valence-corrected chi connectivity index (χ4v) is 2.97. The van der Waals surface area contributed by atoms with Gasteiger partial charge in [0.25, 0.3) is 0 Å². The summed E-state index contributed by atoms with van der Waals surface area (Å²) in [6.07, 6.45) is 0.761. The molecule has 1 atom stereocenters. The fraction of sp³-hybridized carbons (Fsp3) is 0.682. The van der Waals surface area contributed by atoms with E-state index in [0.29, 0.717) is 5.75 Å². The molecule has 0 aliphatic carbocycles. The van der Waals surface area contributed by atoms with Crippen LogP contribution in [-0.4, -0.2) is 13.1 Å². The Hall–Kier alpha value is -1.35. The zero-order chi connectivity index (χ0) is 19.7. The predicted octanol–water partition coefficient (Wildman–Crippen LogP) is 5.96. The van der Waals surface area contributed by atoms with Gasteiger partial charge in [-0.05, 0) is 55.7 Å². The summed E-state index contributed by atoms with van der Waals surface area (Å²) in [5, 5.41) is 0. The van der Waals surface area contributed by atoms with Crippen molar-refractivity contribution in [1.29, 1.82) is 0 Å². The van der Waals surface area contributed by atoms with Crippen LogP contribution >= 0.6 is 0 Å². The standard InChI is InChI=1S/C22H36O3/c1-19(2,3)15-22(9,20(4,5)6)18(23)25-17-13-11-16(12-14-17)21(7,8)24-10/h11-14H,15H2,1-10H3. The second-order valence-electron chi connectivity index (χ2n) is 9.95. The van der Waals surface area contributed by atoms with E-state index in [9.17, 15) is 4.79 Å². The van der Waals surface area contributed by atoms with Gasteiger partial charge in [0.1, 0.15) is 5.75 Å². The highest BCUT2D eigenvalue weighted by molar-refractivity contribution is 5.79. The molecule has 1 unspecified atom stereocenters. The minimum absolute atomic E-state index is 0.0351.